The maximum Gasteiger partial charge on any atom is 0.416 e. The second kappa shape index (κ2) is 6.23. The van der Waals surface area contributed by atoms with Gasteiger partial charge in [-0.15, -0.1) is 0 Å². The molecule has 0 aliphatic heterocycles. The Morgan fingerprint density at radius 1 is 1.30 bits per heavy atom. The lowest BCUT2D eigenvalue weighted by atomic mass is 10.0. The molecule has 7 heteroatoms. The van der Waals surface area contributed by atoms with Crippen LogP contribution in [0, 0.1) is 5.92 Å². The smallest absolute Gasteiger partial charge is 0.327 e. The number of carbonyl (C=O) groups excluding carboxylic acids is 1. The number of benzene rings is 1. The van der Waals surface area contributed by atoms with E-state index in [9.17, 15) is 18.0 Å². The summed E-state index contributed by atoms with van der Waals surface area (Å²) in [4.78, 5) is 11.8. The zero-order chi connectivity index (χ0) is 15.5. The fraction of sp³-hybridized carbons (Fsp3) is 0.462. The Hall–Kier alpha value is -1.60. The van der Waals surface area contributed by atoms with E-state index in [0.29, 0.717) is 5.56 Å². The first-order valence-corrected chi connectivity index (χ1v) is 6.12. The van der Waals surface area contributed by atoms with Crippen molar-refractivity contribution in [2.45, 2.75) is 32.6 Å². The first-order valence-electron chi connectivity index (χ1n) is 6.12. The molecule has 0 radical (unpaired) electrons. The lowest BCUT2D eigenvalue weighted by Gasteiger charge is -2.17. The number of amides is 1. The topological polar surface area (TPSA) is 81.1 Å². The summed E-state index contributed by atoms with van der Waals surface area (Å²) in [6, 6.07) is 2.87. The van der Waals surface area contributed by atoms with Gasteiger partial charge in [0.2, 0.25) is 5.91 Å². The van der Waals surface area contributed by atoms with Gasteiger partial charge in [0, 0.05) is 18.3 Å². The molecule has 0 spiro atoms. The maximum absolute atomic E-state index is 12.7. The minimum Gasteiger partial charge on any atom is -0.327 e. The quantitative estimate of drug-likeness (QED) is 0.794. The van der Waals surface area contributed by atoms with Crippen LogP contribution in [0.25, 0.3) is 0 Å². The Morgan fingerprint density at radius 2 is 1.90 bits per heavy atom. The Bertz CT molecular complexity index is 486. The first-order chi connectivity index (χ1) is 9.15. The molecule has 0 aliphatic rings. The highest BCUT2D eigenvalue weighted by Crippen LogP contribution is 2.32. The number of halogens is 3. The Kier molecular flexibility index (Phi) is 5.13. The zero-order valence-electron chi connectivity index (χ0n) is 11.3. The standard InChI is InChI=1S/C13H18F3N3O/c1-7(8(2)18)12(20)19-11-4-9(6-17)3-10(5-11)13(14,15)16/h3-5,7-8H,6,17-18H2,1-2H3,(H,19,20). The van der Waals surface area contributed by atoms with Crippen molar-refractivity contribution in [1.29, 1.82) is 0 Å². The summed E-state index contributed by atoms with van der Waals surface area (Å²) in [6.07, 6.45) is -4.49. The van der Waals surface area contributed by atoms with Crippen molar-refractivity contribution in [3.05, 3.63) is 29.3 Å². The van der Waals surface area contributed by atoms with E-state index in [2.05, 4.69) is 5.32 Å². The third-order valence-corrected chi connectivity index (χ3v) is 3.03. The van der Waals surface area contributed by atoms with Gasteiger partial charge >= 0.3 is 6.18 Å². The molecule has 1 aromatic carbocycles. The minimum absolute atomic E-state index is 0.0460. The average Bonchev–Trinajstić information content (AvgIpc) is 2.36. The van der Waals surface area contributed by atoms with E-state index in [0.717, 1.165) is 12.1 Å². The Labute approximate surface area is 115 Å². The second-order valence-corrected chi connectivity index (χ2v) is 4.76. The van der Waals surface area contributed by atoms with Crippen molar-refractivity contribution in [2.75, 3.05) is 5.32 Å². The fourth-order valence-corrected chi connectivity index (χ4v) is 1.54. The maximum atomic E-state index is 12.7. The SMILES string of the molecule is CC(N)C(C)C(=O)Nc1cc(CN)cc(C(F)(F)F)c1. The Balaban J connectivity index is 3.04. The predicted molar refractivity (Wildman–Crippen MR) is 70.8 cm³/mol. The van der Waals surface area contributed by atoms with Gasteiger partial charge in [-0.05, 0) is 30.7 Å². The normalized spacial score (nSPS) is 14.8. The number of anilines is 1. The van der Waals surface area contributed by atoms with Crippen LogP contribution in [0.2, 0.25) is 0 Å². The van der Waals surface area contributed by atoms with Gasteiger partial charge in [-0.25, -0.2) is 0 Å². The van der Waals surface area contributed by atoms with Crippen LogP contribution < -0.4 is 16.8 Å². The summed E-state index contributed by atoms with van der Waals surface area (Å²) in [6.45, 7) is 3.22. The third-order valence-electron chi connectivity index (χ3n) is 3.03. The van der Waals surface area contributed by atoms with Gasteiger partial charge in [0.1, 0.15) is 0 Å². The van der Waals surface area contributed by atoms with Crippen molar-refractivity contribution >= 4 is 11.6 Å². The highest BCUT2D eigenvalue weighted by molar-refractivity contribution is 5.92. The number of alkyl halides is 3. The molecule has 1 aromatic rings. The van der Waals surface area contributed by atoms with E-state index in [1.165, 1.54) is 6.07 Å². The highest BCUT2D eigenvalue weighted by atomic mass is 19.4. The van der Waals surface area contributed by atoms with Gasteiger partial charge in [0.25, 0.3) is 0 Å². The lowest BCUT2D eigenvalue weighted by molar-refractivity contribution is -0.137. The van der Waals surface area contributed by atoms with Crippen molar-refractivity contribution in [3.63, 3.8) is 0 Å². The molecule has 0 saturated carbocycles. The third kappa shape index (κ3) is 4.21. The van der Waals surface area contributed by atoms with Crippen molar-refractivity contribution < 1.29 is 18.0 Å². The van der Waals surface area contributed by atoms with Crippen LogP contribution in [-0.4, -0.2) is 11.9 Å². The van der Waals surface area contributed by atoms with Crippen molar-refractivity contribution in [2.24, 2.45) is 17.4 Å². The number of rotatable bonds is 4. The van der Waals surface area contributed by atoms with Gasteiger partial charge in [-0.2, -0.15) is 13.2 Å². The van der Waals surface area contributed by atoms with E-state index < -0.39 is 29.6 Å². The number of carbonyl (C=O) groups is 1. The van der Waals surface area contributed by atoms with Crippen LogP contribution >= 0.6 is 0 Å². The van der Waals surface area contributed by atoms with Gasteiger partial charge in [0.15, 0.2) is 0 Å². The number of nitrogens with two attached hydrogens (primary N) is 2. The number of nitrogens with one attached hydrogen (secondary N) is 1. The van der Waals surface area contributed by atoms with Crippen LogP contribution in [0.1, 0.15) is 25.0 Å². The van der Waals surface area contributed by atoms with Crippen LogP contribution in [0.5, 0.6) is 0 Å². The molecule has 0 heterocycles. The van der Waals surface area contributed by atoms with Crippen LogP contribution in [-0.2, 0) is 17.5 Å². The molecule has 2 unspecified atom stereocenters. The van der Waals surface area contributed by atoms with E-state index in [1.807, 2.05) is 0 Å². The molecule has 5 N–H and O–H groups in total. The summed E-state index contributed by atoms with van der Waals surface area (Å²) in [5, 5.41) is 2.44. The summed E-state index contributed by atoms with van der Waals surface area (Å²) >= 11 is 0. The predicted octanol–water partition coefficient (Wildman–Crippen LogP) is 2.09. The van der Waals surface area contributed by atoms with Crippen molar-refractivity contribution in [1.82, 2.24) is 0 Å². The lowest BCUT2D eigenvalue weighted by Crippen LogP contribution is -2.34. The van der Waals surface area contributed by atoms with E-state index in [4.69, 9.17) is 11.5 Å². The van der Waals surface area contributed by atoms with Crippen LogP contribution in [0.3, 0.4) is 0 Å². The molecule has 0 aromatic heterocycles. The monoisotopic (exact) mass is 289 g/mol. The Morgan fingerprint density at radius 3 is 2.35 bits per heavy atom. The molecular formula is C13H18F3N3O. The van der Waals surface area contributed by atoms with Crippen LogP contribution in [0.4, 0.5) is 18.9 Å². The van der Waals surface area contributed by atoms with Crippen LogP contribution in [0.15, 0.2) is 18.2 Å². The number of hydrogen-bond acceptors (Lipinski definition) is 3. The highest BCUT2D eigenvalue weighted by Gasteiger charge is 2.31. The summed E-state index contributed by atoms with van der Waals surface area (Å²) in [5.41, 5.74) is 10.5. The summed E-state index contributed by atoms with van der Waals surface area (Å²) in [7, 11) is 0. The fourth-order valence-electron chi connectivity index (χ4n) is 1.54. The molecule has 112 valence electrons. The zero-order valence-corrected chi connectivity index (χ0v) is 11.3. The van der Waals surface area contributed by atoms with Gasteiger partial charge in [-0.1, -0.05) is 6.92 Å². The molecule has 1 amide bonds. The van der Waals surface area contributed by atoms with Gasteiger partial charge < -0.3 is 16.8 Å². The molecular weight excluding hydrogens is 271 g/mol. The van der Waals surface area contributed by atoms with E-state index in [1.54, 1.807) is 13.8 Å². The molecule has 1 rings (SSSR count). The molecule has 0 fully saturated rings. The molecule has 4 nitrogen and oxygen atoms in total. The second-order valence-electron chi connectivity index (χ2n) is 4.76. The minimum atomic E-state index is -4.49. The average molecular weight is 289 g/mol. The first kappa shape index (κ1) is 16.5. The molecule has 2 atom stereocenters. The molecule has 0 aliphatic carbocycles. The molecule has 20 heavy (non-hydrogen) atoms. The van der Waals surface area contributed by atoms with Crippen molar-refractivity contribution in [3.8, 4) is 0 Å². The van der Waals surface area contributed by atoms with E-state index >= 15 is 0 Å². The molecule has 0 saturated heterocycles. The summed E-state index contributed by atoms with van der Waals surface area (Å²) in [5.74, 6) is -0.937. The number of hydrogen-bond donors (Lipinski definition) is 3. The van der Waals surface area contributed by atoms with Gasteiger partial charge in [0.05, 0.1) is 11.5 Å². The van der Waals surface area contributed by atoms with E-state index in [-0.39, 0.29) is 12.2 Å². The van der Waals surface area contributed by atoms with Gasteiger partial charge in [-0.3, -0.25) is 4.79 Å². The summed E-state index contributed by atoms with van der Waals surface area (Å²) < 4.78 is 38.2. The largest absolute Gasteiger partial charge is 0.416 e. The molecule has 0 bridgehead atoms.